The minimum absolute atomic E-state index is 0.430. The first-order valence-corrected chi connectivity index (χ1v) is 7.01. The third kappa shape index (κ3) is 3.21. The molecular formula is C14H17BrO4. The summed E-state index contributed by atoms with van der Waals surface area (Å²) in [6.07, 6.45) is 1.28. The molecule has 0 bridgehead atoms. The van der Waals surface area contributed by atoms with Crippen molar-refractivity contribution in [3.05, 3.63) is 22.2 Å². The van der Waals surface area contributed by atoms with Crippen LogP contribution < -0.4 is 9.47 Å². The SMILES string of the molecule is CC(C)(Cc1cc2c(cc1Br)OCCCO2)C(=O)O. The number of fused-ring (bicyclic) bond motifs is 1. The molecule has 1 aromatic carbocycles. The Kier molecular flexibility index (Phi) is 4.04. The maximum absolute atomic E-state index is 11.2. The van der Waals surface area contributed by atoms with Crippen molar-refractivity contribution in [1.29, 1.82) is 0 Å². The van der Waals surface area contributed by atoms with E-state index in [1.165, 1.54) is 0 Å². The second-order valence-corrected chi connectivity index (χ2v) is 6.16. The van der Waals surface area contributed by atoms with Gasteiger partial charge < -0.3 is 14.6 Å². The monoisotopic (exact) mass is 328 g/mol. The van der Waals surface area contributed by atoms with Crippen LogP contribution in [0, 0.1) is 5.41 Å². The summed E-state index contributed by atoms with van der Waals surface area (Å²) in [5.41, 5.74) is 0.0964. The minimum atomic E-state index is -0.817. The summed E-state index contributed by atoms with van der Waals surface area (Å²) in [6, 6.07) is 3.73. The lowest BCUT2D eigenvalue weighted by atomic mass is 9.86. The summed E-state index contributed by atoms with van der Waals surface area (Å²) in [4.78, 5) is 11.2. The Balaban J connectivity index is 2.32. The smallest absolute Gasteiger partial charge is 0.309 e. The van der Waals surface area contributed by atoms with Crippen molar-refractivity contribution in [3.63, 3.8) is 0 Å². The second-order valence-electron chi connectivity index (χ2n) is 5.31. The van der Waals surface area contributed by atoms with Crippen LogP contribution in [0.15, 0.2) is 16.6 Å². The average Bonchev–Trinajstić information content (AvgIpc) is 2.54. The van der Waals surface area contributed by atoms with Crippen LogP contribution in [0.4, 0.5) is 0 Å². The summed E-state index contributed by atoms with van der Waals surface area (Å²) in [5.74, 6) is 0.588. The Labute approximate surface area is 120 Å². The summed E-state index contributed by atoms with van der Waals surface area (Å²) >= 11 is 3.47. The molecule has 0 radical (unpaired) electrons. The van der Waals surface area contributed by atoms with Gasteiger partial charge in [-0.05, 0) is 38.0 Å². The summed E-state index contributed by atoms with van der Waals surface area (Å²) in [5, 5.41) is 9.21. The highest BCUT2D eigenvalue weighted by atomic mass is 79.9. The number of aliphatic carboxylic acids is 1. The van der Waals surface area contributed by atoms with Gasteiger partial charge in [0, 0.05) is 10.9 Å². The zero-order valence-corrected chi connectivity index (χ0v) is 12.6. The van der Waals surface area contributed by atoms with Crippen LogP contribution in [0.2, 0.25) is 0 Å². The van der Waals surface area contributed by atoms with Crippen LogP contribution in [-0.4, -0.2) is 24.3 Å². The molecule has 0 amide bonds. The van der Waals surface area contributed by atoms with Gasteiger partial charge in [-0.15, -0.1) is 0 Å². The van der Waals surface area contributed by atoms with E-state index in [9.17, 15) is 9.90 Å². The first-order valence-electron chi connectivity index (χ1n) is 6.21. The van der Waals surface area contributed by atoms with Crippen molar-refractivity contribution < 1.29 is 19.4 Å². The van der Waals surface area contributed by atoms with Crippen molar-refractivity contribution in [3.8, 4) is 11.5 Å². The maximum atomic E-state index is 11.2. The molecule has 5 heteroatoms. The van der Waals surface area contributed by atoms with E-state index in [2.05, 4.69) is 15.9 Å². The fourth-order valence-corrected chi connectivity index (χ4v) is 2.38. The predicted octanol–water partition coefficient (Wildman–Crippen LogP) is 3.26. The fourth-order valence-electron chi connectivity index (χ4n) is 1.91. The number of carboxylic acid groups (broad SMARTS) is 1. The minimum Gasteiger partial charge on any atom is -0.490 e. The summed E-state index contributed by atoms with van der Waals surface area (Å²) < 4.78 is 12.1. The number of ether oxygens (including phenoxy) is 2. The van der Waals surface area contributed by atoms with Crippen molar-refractivity contribution in [2.45, 2.75) is 26.7 Å². The standard InChI is InChI=1S/C14H17BrO4/c1-14(2,13(16)17)8-9-6-11-12(7-10(9)15)19-5-3-4-18-11/h6-7H,3-5,8H2,1-2H3,(H,16,17). The molecule has 19 heavy (non-hydrogen) atoms. The van der Waals surface area contributed by atoms with Gasteiger partial charge in [-0.3, -0.25) is 4.79 Å². The van der Waals surface area contributed by atoms with Gasteiger partial charge in [-0.1, -0.05) is 15.9 Å². The molecule has 1 aliphatic rings. The highest BCUT2D eigenvalue weighted by Crippen LogP contribution is 2.37. The molecule has 0 aliphatic carbocycles. The zero-order valence-electron chi connectivity index (χ0n) is 11.0. The Hall–Kier alpha value is -1.23. The lowest BCUT2D eigenvalue weighted by molar-refractivity contribution is -0.146. The molecule has 4 nitrogen and oxygen atoms in total. The molecule has 1 N–H and O–H groups in total. The van der Waals surface area contributed by atoms with E-state index in [4.69, 9.17) is 9.47 Å². The zero-order chi connectivity index (χ0) is 14.0. The number of benzene rings is 1. The largest absolute Gasteiger partial charge is 0.490 e. The van der Waals surface area contributed by atoms with E-state index in [-0.39, 0.29) is 0 Å². The van der Waals surface area contributed by atoms with Gasteiger partial charge in [-0.25, -0.2) is 0 Å². The van der Waals surface area contributed by atoms with Crippen LogP contribution in [0.3, 0.4) is 0 Å². The third-order valence-corrected chi connectivity index (χ3v) is 3.87. The van der Waals surface area contributed by atoms with Gasteiger partial charge in [0.1, 0.15) is 0 Å². The number of carboxylic acids is 1. The molecule has 0 fully saturated rings. The Morgan fingerprint density at radius 3 is 2.47 bits per heavy atom. The molecule has 0 saturated heterocycles. The predicted molar refractivity (Wildman–Crippen MR) is 74.9 cm³/mol. The van der Waals surface area contributed by atoms with Crippen LogP contribution >= 0.6 is 15.9 Å². The lowest BCUT2D eigenvalue weighted by Crippen LogP contribution is -2.26. The molecule has 1 heterocycles. The highest BCUT2D eigenvalue weighted by Gasteiger charge is 2.29. The van der Waals surface area contributed by atoms with Crippen molar-refractivity contribution in [2.75, 3.05) is 13.2 Å². The second kappa shape index (κ2) is 5.41. The Morgan fingerprint density at radius 1 is 1.32 bits per heavy atom. The van der Waals surface area contributed by atoms with E-state index in [0.717, 1.165) is 16.5 Å². The molecular weight excluding hydrogens is 312 g/mol. The number of rotatable bonds is 3. The fraction of sp³-hybridized carbons (Fsp3) is 0.500. The Bertz CT molecular complexity index is 496. The number of halogens is 1. The molecule has 0 atom stereocenters. The van der Waals surface area contributed by atoms with Crippen LogP contribution in [0.1, 0.15) is 25.8 Å². The lowest BCUT2D eigenvalue weighted by Gasteiger charge is -2.20. The topological polar surface area (TPSA) is 55.8 Å². The van der Waals surface area contributed by atoms with Gasteiger partial charge >= 0.3 is 5.97 Å². The van der Waals surface area contributed by atoms with Gasteiger partial charge in [0.2, 0.25) is 0 Å². The molecule has 0 aromatic heterocycles. The van der Waals surface area contributed by atoms with E-state index in [0.29, 0.717) is 31.1 Å². The van der Waals surface area contributed by atoms with Crippen molar-refractivity contribution in [1.82, 2.24) is 0 Å². The number of hydrogen-bond acceptors (Lipinski definition) is 3. The maximum Gasteiger partial charge on any atom is 0.309 e. The number of hydrogen-bond donors (Lipinski definition) is 1. The molecule has 1 aliphatic heterocycles. The molecule has 0 unspecified atom stereocenters. The van der Waals surface area contributed by atoms with Crippen LogP contribution in [0.5, 0.6) is 11.5 Å². The van der Waals surface area contributed by atoms with E-state index < -0.39 is 11.4 Å². The van der Waals surface area contributed by atoms with Gasteiger partial charge in [-0.2, -0.15) is 0 Å². The molecule has 0 saturated carbocycles. The summed E-state index contributed by atoms with van der Waals surface area (Å²) in [6.45, 7) is 4.69. The van der Waals surface area contributed by atoms with Gasteiger partial charge in [0.05, 0.1) is 18.6 Å². The van der Waals surface area contributed by atoms with Crippen molar-refractivity contribution in [2.24, 2.45) is 5.41 Å². The van der Waals surface area contributed by atoms with E-state index in [1.54, 1.807) is 13.8 Å². The van der Waals surface area contributed by atoms with E-state index in [1.807, 2.05) is 12.1 Å². The normalized spacial score (nSPS) is 14.9. The highest BCUT2D eigenvalue weighted by molar-refractivity contribution is 9.10. The molecule has 1 aromatic rings. The molecule has 104 valence electrons. The first-order chi connectivity index (χ1) is 8.90. The molecule has 2 rings (SSSR count). The van der Waals surface area contributed by atoms with Gasteiger partial charge in [0.25, 0.3) is 0 Å². The summed E-state index contributed by atoms with van der Waals surface area (Å²) in [7, 11) is 0. The van der Waals surface area contributed by atoms with Crippen LogP contribution in [-0.2, 0) is 11.2 Å². The van der Waals surface area contributed by atoms with E-state index >= 15 is 0 Å². The number of carbonyl (C=O) groups is 1. The Morgan fingerprint density at radius 2 is 1.89 bits per heavy atom. The molecule has 0 spiro atoms. The quantitative estimate of drug-likeness (QED) is 0.925. The third-order valence-electron chi connectivity index (χ3n) is 3.13. The van der Waals surface area contributed by atoms with Crippen LogP contribution in [0.25, 0.3) is 0 Å². The van der Waals surface area contributed by atoms with Crippen molar-refractivity contribution >= 4 is 21.9 Å². The average molecular weight is 329 g/mol. The first kappa shape index (κ1) is 14.2. The van der Waals surface area contributed by atoms with Gasteiger partial charge in [0.15, 0.2) is 11.5 Å².